The molecule has 0 rings (SSSR count). The van der Waals surface area contributed by atoms with E-state index in [0.717, 1.165) is 148 Å². The Morgan fingerprint density at radius 1 is 0.311 bits per heavy atom. The highest BCUT2D eigenvalue weighted by Crippen LogP contribution is 2.48. The van der Waals surface area contributed by atoms with Crippen molar-refractivity contribution < 1.29 is 75.5 Å². The van der Waals surface area contributed by atoms with E-state index < -0.39 is 59.2 Å². The highest BCUT2D eigenvalue weighted by molar-refractivity contribution is 7.48. The van der Waals surface area contributed by atoms with E-state index in [0.29, 0.717) is 32.1 Å². The number of rotatable bonds is 81. The smallest absolute Gasteiger partial charge is 0.460 e. The summed E-state index contributed by atoms with van der Waals surface area (Å²) >= 11 is 0. The molecular weight excluding hydrogens is 1350 g/mol. The van der Waals surface area contributed by atoms with Crippen LogP contribution in [-0.2, 0) is 60.6 Å². The molecule has 0 spiro atoms. The summed E-state index contributed by atoms with van der Waals surface area (Å²) < 4.78 is 65.1. The van der Waals surface area contributed by atoms with Crippen LogP contribution in [0.25, 0.3) is 0 Å². The quantitative estimate of drug-likeness (QED) is 0.0109. The first-order chi connectivity index (χ1) is 50.1. The molecule has 0 aromatic heterocycles. The largest absolute Gasteiger partial charge is 0.501 e. The van der Waals surface area contributed by atoms with Gasteiger partial charge in [0.2, 0.25) is 11.8 Å². The summed E-state index contributed by atoms with van der Waals surface area (Å²) in [5.41, 5.74) is 0. The zero-order valence-electron chi connectivity index (χ0n) is 67.0. The lowest BCUT2D eigenvalue weighted by Crippen LogP contribution is -2.46. The normalized spacial score (nSPS) is 13.9. The molecule has 0 saturated carbocycles. The topological polar surface area (TPSA) is 273 Å². The fourth-order valence-corrected chi connectivity index (χ4v) is 14.7. The van der Waals surface area contributed by atoms with Crippen LogP contribution in [0.5, 0.6) is 0 Å². The summed E-state index contributed by atoms with van der Waals surface area (Å²) in [5.74, 6) is -0.976. The van der Waals surface area contributed by atoms with Crippen molar-refractivity contribution in [2.24, 2.45) is 0 Å². The SMILES string of the molecule is CCCCCCCCCCCCC(=O)NC(CCOP(=O)(O)OCCNC(=O)NCCOP(=O)(OO)OCCC(NC(=O)CCCCCCCCCCCC)C(CCCCCCCCCC)OC(=O)CCCCCCCCCC)C(CCCCCCCCCC)OC(=O)CCCCCCCCCC. The van der Waals surface area contributed by atoms with Gasteiger partial charge in [-0.05, 0) is 64.2 Å². The minimum Gasteiger partial charge on any atom is -0.460 e. The van der Waals surface area contributed by atoms with Gasteiger partial charge >= 0.3 is 33.6 Å². The van der Waals surface area contributed by atoms with Crippen molar-refractivity contribution in [1.82, 2.24) is 21.3 Å². The molecule has 22 heteroatoms. The number of carbonyl (C=O) groups excluding carboxylic acids is 5. The Labute approximate surface area is 629 Å². The number of ether oxygens (including phenoxy) is 2. The van der Waals surface area contributed by atoms with Gasteiger partial charge in [0.05, 0.1) is 38.5 Å². The van der Waals surface area contributed by atoms with E-state index in [-0.39, 0.29) is 75.7 Å². The Morgan fingerprint density at radius 2 is 0.553 bits per heavy atom. The fraction of sp³-hybridized carbons (Fsp3) is 0.938. The Bertz CT molecular complexity index is 2050. The van der Waals surface area contributed by atoms with Crippen LogP contribution < -0.4 is 21.3 Å². The summed E-state index contributed by atoms with van der Waals surface area (Å²) in [6, 6.07) is -2.07. The van der Waals surface area contributed by atoms with Crippen LogP contribution in [0, 0.1) is 0 Å². The van der Waals surface area contributed by atoms with Crippen LogP contribution in [0.1, 0.15) is 427 Å². The Balaban J connectivity index is 5.86. The third-order valence-electron chi connectivity index (χ3n) is 19.6. The number of urea groups is 1. The molecule has 4 amide bonds. The molecule has 0 radical (unpaired) electrons. The first-order valence-electron chi connectivity index (χ1n) is 43.0. The van der Waals surface area contributed by atoms with Gasteiger partial charge < -0.3 is 35.6 Å². The van der Waals surface area contributed by atoms with Gasteiger partial charge in [0.25, 0.3) is 0 Å². The predicted octanol–water partition coefficient (Wildman–Crippen LogP) is 23.4. The average Bonchev–Trinajstić information content (AvgIpc) is 0.897. The van der Waals surface area contributed by atoms with Crippen molar-refractivity contribution in [2.75, 3.05) is 39.5 Å². The maximum atomic E-state index is 13.7. The fourth-order valence-electron chi connectivity index (χ4n) is 13.1. The zero-order chi connectivity index (χ0) is 75.6. The van der Waals surface area contributed by atoms with Crippen LogP contribution in [0.3, 0.4) is 0 Å². The van der Waals surface area contributed by atoms with E-state index in [2.05, 4.69) is 67.5 Å². The van der Waals surface area contributed by atoms with E-state index in [1.807, 2.05) is 0 Å². The molecule has 0 aromatic rings. The van der Waals surface area contributed by atoms with Crippen molar-refractivity contribution in [1.29, 1.82) is 0 Å². The second kappa shape index (κ2) is 74.8. The zero-order valence-corrected chi connectivity index (χ0v) is 68.8. The first-order valence-corrected chi connectivity index (χ1v) is 45.9. The van der Waals surface area contributed by atoms with Crippen molar-refractivity contribution >= 4 is 45.4 Å². The second-order valence-electron chi connectivity index (χ2n) is 29.3. The Morgan fingerprint density at radius 3 is 0.854 bits per heavy atom. The number of amides is 4. The molecule has 0 fully saturated rings. The molecule has 0 aliphatic carbocycles. The molecule has 6 N–H and O–H groups in total. The minimum absolute atomic E-state index is 0.0659. The number of carbonyl (C=O) groups is 5. The molecule has 610 valence electrons. The third kappa shape index (κ3) is 67.2. The number of hydrogen-bond acceptors (Lipinski definition) is 15. The molecule has 6 unspecified atom stereocenters. The summed E-state index contributed by atoms with van der Waals surface area (Å²) in [6.45, 7) is 11.4. The van der Waals surface area contributed by atoms with Gasteiger partial charge in [-0.15, -0.1) is 4.67 Å². The average molecular weight is 1510 g/mol. The highest BCUT2D eigenvalue weighted by atomic mass is 31.2. The molecule has 0 aromatic carbocycles. The van der Waals surface area contributed by atoms with E-state index in [4.69, 9.17) is 27.6 Å². The lowest BCUT2D eigenvalue weighted by molar-refractivity contribution is -0.166. The summed E-state index contributed by atoms with van der Waals surface area (Å²) in [6.07, 6.45) is 58.6. The van der Waals surface area contributed by atoms with Crippen molar-refractivity contribution in [3.8, 4) is 0 Å². The molecule has 0 bridgehead atoms. The van der Waals surface area contributed by atoms with Crippen LogP contribution in [0.2, 0.25) is 0 Å². The molecule has 0 aliphatic rings. The van der Waals surface area contributed by atoms with Gasteiger partial charge in [-0.2, -0.15) is 0 Å². The number of phosphoric acid groups is 2. The summed E-state index contributed by atoms with van der Waals surface area (Å²) in [4.78, 5) is 77.9. The van der Waals surface area contributed by atoms with Gasteiger partial charge in [0, 0.05) is 38.8 Å². The van der Waals surface area contributed by atoms with Crippen LogP contribution >= 0.6 is 15.6 Å². The summed E-state index contributed by atoms with van der Waals surface area (Å²) in [7, 11) is -9.28. The molecule has 20 nitrogen and oxygen atoms in total. The van der Waals surface area contributed by atoms with Crippen molar-refractivity contribution in [2.45, 2.75) is 451 Å². The molecular formula is C81H160N4O16P2. The molecule has 0 aliphatic heterocycles. The summed E-state index contributed by atoms with van der Waals surface area (Å²) in [5, 5.41) is 21.1. The molecule has 6 atom stereocenters. The highest BCUT2D eigenvalue weighted by Gasteiger charge is 2.32. The molecule has 0 saturated heterocycles. The van der Waals surface area contributed by atoms with Crippen LogP contribution in [-0.4, -0.2) is 104 Å². The van der Waals surface area contributed by atoms with Crippen LogP contribution in [0.4, 0.5) is 4.79 Å². The lowest BCUT2D eigenvalue weighted by Gasteiger charge is -2.29. The maximum Gasteiger partial charge on any atom is 0.501 e. The second-order valence-corrected chi connectivity index (χ2v) is 32.4. The third-order valence-corrected chi connectivity index (χ3v) is 21.8. The Hall–Kier alpha value is -2.67. The number of nitrogens with one attached hydrogen (secondary N) is 4. The minimum atomic E-state index is -4.67. The van der Waals surface area contributed by atoms with Crippen LogP contribution in [0.15, 0.2) is 0 Å². The first kappa shape index (κ1) is 100. The number of phosphoric ester groups is 2. The van der Waals surface area contributed by atoms with Gasteiger partial charge in [-0.3, -0.25) is 37.3 Å². The van der Waals surface area contributed by atoms with E-state index in [9.17, 15) is 43.3 Å². The van der Waals surface area contributed by atoms with Crippen molar-refractivity contribution in [3.63, 3.8) is 0 Å². The van der Waals surface area contributed by atoms with E-state index >= 15 is 0 Å². The van der Waals surface area contributed by atoms with Gasteiger partial charge in [0.15, 0.2) is 0 Å². The van der Waals surface area contributed by atoms with Crippen molar-refractivity contribution in [3.05, 3.63) is 0 Å². The molecule has 0 heterocycles. The number of esters is 2. The van der Waals surface area contributed by atoms with E-state index in [1.165, 1.54) is 180 Å². The van der Waals surface area contributed by atoms with Gasteiger partial charge in [-0.25, -0.2) is 19.2 Å². The van der Waals surface area contributed by atoms with E-state index in [1.54, 1.807) is 0 Å². The predicted molar refractivity (Wildman–Crippen MR) is 421 cm³/mol. The maximum absolute atomic E-state index is 13.7. The Kier molecular flexibility index (Phi) is 72.8. The lowest BCUT2D eigenvalue weighted by atomic mass is 9.99. The standard InChI is InChI=1S/C81H160N4O16P2/c1-7-13-19-25-31-37-39-43-49-55-61-77(86)84-73(75(59-53-47-41-33-27-21-15-9-3)99-79(88)63-57-51-45-35-29-23-17-11-5)65-69-95-102(92,93)96-71-67-82-81(90)83-68-72-98-103(94,101-91)97-70-66-74(85-78(87)62-56-50-44-40-38-32-26-20-14-8-2)76(60-54-48-42-34-28-22-16-10-4)100-80(89)64-58-52-46-36-30-24-18-12-6/h73-76,91H,7-72H2,1-6H3,(H,84,86)(H,85,87)(H,92,93)(H2,82,83,90). The number of unbranched alkanes of at least 4 members (excludes halogenated alkanes) is 46. The van der Waals surface area contributed by atoms with Gasteiger partial charge in [0.1, 0.15) is 12.2 Å². The number of hydrogen-bond donors (Lipinski definition) is 6. The monoisotopic (exact) mass is 1510 g/mol. The molecule has 103 heavy (non-hydrogen) atoms. The van der Waals surface area contributed by atoms with Gasteiger partial charge in [-0.1, -0.05) is 337 Å².